The first-order chi connectivity index (χ1) is 26.8. The molecule has 0 radical (unpaired) electrons. The van der Waals surface area contributed by atoms with E-state index in [-0.39, 0.29) is 41.5 Å². The van der Waals surface area contributed by atoms with Crippen LogP contribution in [0.15, 0.2) is 90.5 Å². The highest BCUT2D eigenvalue weighted by Gasteiger charge is 2.63. The number of piperidine rings is 2. The summed E-state index contributed by atoms with van der Waals surface area (Å²) >= 11 is 0. The van der Waals surface area contributed by atoms with Crippen LogP contribution in [0.25, 0.3) is 0 Å². The lowest BCUT2D eigenvalue weighted by atomic mass is 9.57. The number of benzene rings is 3. The van der Waals surface area contributed by atoms with Gasteiger partial charge in [-0.05, 0) is 67.7 Å². The Morgan fingerprint density at radius 3 is 1.69 bits per heavy atom. The van der Waals surface area contributed by atoms with Gasteiger partial charge in [-0.1, -0.05) is 78.4 Å². The zero-order valence-corrected chi connectivity index (χ0v) is 31.5. The van der Waals surface area contributed by atoms with Crippen molar-refractivity contribution in [1.82, 2.24) is 19.6 Å². The number of carbonyl (C=O) groups excluding carboxylic acids is 4. The van der Waals surface area contributed by atoms with E-state index in [0.717, 1.165) is 57.7 Å². The minimum Gasteiger partial charge on any atom is -0.508 e. The summed E-state index contributed by atoms with van der Waals surface area (Å²) in [6, 6.07) is 25.4. The molecule has 0 aromatic heterocycles. The SMILES string of the molecule is COc1cccc(O)c1[C@H]1C2=CC[C@@H]3C(=O)N(C4CCN(Cc5ccccc5)CC4)C(=O)[C@@H]3[C@@H]2C[C@H]2C(=O)N(C3CCN(Cc4ccccc4)CC3)C(=O)[C@@H]12. The van der Waals surface area contributed by atoms with E-state index >= 15 is 0 Å². The molecule has 6 aliphatic rings. The quantitative estimate of drug-likeness (QED) is 0.243. The van der Waals surface area contributed by atoms with Crippen molar-refractivity contribution in [2.24, 2.45) is 29.6 Å². The van der Waals surface area contributed by atoms with Crippen LogP contribution in [0, 0.1) is 29.6 Å². The standard InChI is InChI=1S/C45H50N4O6/c1-55-37-14-8-13-36(50)41(37)39-32-15-16-33-38(44(53)48(42(33)51)30-17-21-46(22-18-30)26-28-9-4-2-5-10-28)34(32)25-35-40(39)45(54)49(43(35)52)31-19-23-47(24-20-31)27-29-11-6-3-7-12-29/h2-15,30-31,33-35,38-40,50H,16-27H2,1H3/t33-,34+,35+,38-,39-,40+/m0/s1. The third-order valence-corrected chi connectivity index (χ3v) is 13.6. The van der Waals surface area contributed by atoms with Crippen LogP contribution in [-0.4, -0.2) is 93.7 Å². The lowest BCUT2D eigenvalue weighted by Crippen LogP contribution is -2.48. The van der Waals surface area contributed by atoms with E-state index in [1.165, 1.54) is 11.1 Å². The minimum atomic E-state index is -0.728. The summed E-state index contributed by atoms with van der Waals surface area (Å²) in [5.74, 6) is -3.75. The summed E-state index contributed by atoms with van der Waals surface area (Å²) in [7, 11) is 1.54. The van der Waals surface area contributed by atoms with E-state index in [4.69, 9.17) is 4.74 Å². The van der Waals surface area contributed by atoms with Gasteiger partial charge in [0.05, 0.1) is 30.8 Å². The Morgan fingerprint density at radius 1 is 0.618 bits per heavy atom. The third kappa shape index (κ3) is 6.27. The Morgan fingerprint density at radius 2 is 1.15 bits per heavy atom. The molecule has 9 rings (SSSR count). The molecule has 3 aromatic rings. The van der Waals surface area contributed by atoms with Crippen LogP contribution < -0.4 is 4.74 Å². The van der Waals surface area contributed by atoms with Gasteiger partial charge in [0.15, 0.2) is 0 Å². The van der Waals surface area contributed by atoms with Gasteiger partial charge in [0.25, 0.3) is 0 Å². The van der Waals surface area contributed by atoms with E-state index in [1.54, 1.807) is 35.1 Å². The number of methoxy groups -OCH3 is 1. The maximum Gasteiger partial charge on any atom is 0.234 e. The van der Waals surface area contributed by atoms with Gasteiger partial charge in [0.1, 0.15) is 11.5 Å². The van der Waals surface area contributed by atoms with Crippen molar-refractivity contribution < 1.29 is 29.0 Å². The number of hydrogen-bond acceptors (Lipinski definition) is 8. The van der Waals surface area contributed by atoms with Gasteiger partial charge in [-0.2, -0.15) is 0 Å². The van der Waals surface area contributed by atoms with Crippen molar-refractivity contribution in [3.63, 3.8) is 0 Å². The molecule has 4 amide bonds. The highest BCUT2D eigenvalue weighted by atomic mass is 16.5. The molecule has 10 nitrogen and oxygen atoms in total. The van der Waals surface area contributed by atoms with Gasteiger partial charge in [-0.25, -0.2) is 0 Å². The van der Waals surface area contributed by atoms with Crippen molar-refractivity contribution in [3.05, 3.63) is 107 Å². The summed E-state index contributed by atoms with van der Waals surface area (Å²) < 4.78 is 5.80. The Labute approximate surface area is 322 Å². The second-order valence-corrected chi connectivity index (χ2v) is 16.5. The van der Waals surface area contributed by atoms with Crippen molar-refractivity contribution in [2.75, 3.05) is 33.3 Å². The average Bonchev–Trinajstić information content (AvgIpc) is 3.62. The molecule has 55 heavy (non-hydrogen) atoms. The number of nitrogens with zero attached hydrogens (tertiary/aromatic N) is 4. The van der Waals surface area contributed by atoms with Crippen LogP contribution in [0.4, 0.5) is 0 Å². The molecule has 6 atom stereocenters. The number of carbonyl (C=O) groups is 4. The first-order valence-corrected chi connectivity index (χ1v) is 20.1. The topological polar surface area (TPSA) is 111 Å². The number of phenols is 1. The molecular formula is C45H50N4O6. The van der Waals surface area contributed by atoms with Gasteiger partial charge in [0.2, 0.25) is 23.6 Å². The fourth-order valence-electron chi connectivity index (χ4n) is 11.1. The monoisotopic (exact) mass is 742 g/mol. The second kappa shape index (κ2) is 14.7. The zero-order chi connectivity index (χ0) is 37.8. The Bertz CT molecular complexity index is 1990. The number of rotatable bonds is 8. The number of phenolic OH excluding ortho intramolecular Hbond substituents is 1. The lowest BCUT2D eigenvalue weighted by molar-refractivity contribution is -0.146. The van der Waals surface area contributed by atoms with Gasteiger partial charge < -0.3 is 9.84 Å². The second-order valence-electron chi connectivity index (χ2n) is 16.5. The smallest absolute Gasteiger partial charge is 0.234 e. The molecule has 4 heterocycles. The molecule has 4 aliphatic heterocycles. The summed E-state index contributed by atoms with van der Waals surface area (Å²) in [6.45, 7) is 4.82. The normalized spacial score (nSPS) is 29.3. The van der Waals surface area contributed by atoms with Crippen molar-refractivity contribution in [1.29, 1.82) is 0 Å². The number of imide groups is 2. The predicted molar refractivity (Wildman–Crippen MR) is 205 cm³/mol. The fourth-order valence-corrected chi connectivity index (χ4v) is 11.1. The van der Waals surface area contributed by atoms with E-state index in [9.17, 15) is 24.3 Å². The van der Waals surface area contributed by atoms with Gasteiger partial charge >= 0.3 is 0 Å². The average molecular weight is 743 g/mol. The number of fused-ring (bicyclic) bond motifs is 4. The highest BCUT2D eigenvalue weighted by molar-refractivity contribution is 6.08. The number of amides is 4. The number of aromatic hydroxyl groups is 1. The number of ether oxygens (including phenoxy) is 1. The van der Waals surface area contributed by atoms with E-state index in [0.29, 0.717) is 37.0 Å². The molecule has 1 saturated carbocycles. The fraction of sp³-hybridized carbons (Fsp3) is 0.467. The van der Waals surface area contributed by atoms with Crippen LogP contribution >= 0.6 is 0 Å². The highest BCUT2D eigenvalue weighted by Crippen LogP contribution is 2.60. The summed E-state index contributed by atoms with van der Waals surface area (Å²) in [5.41, 5.74) is 3.84. The summed E-state index contributed by atoms with van der Waals surface area (Å²) in [6.07, 6.45) is 5.61. The molecule has 5 fully saturated rings. The molecule has 286 valence electrons. The Hall–Kier alpha value is -4.80. The number of hydrogen-bond donors (Lipinski definition) is 1. The lowest BCUT2D eigenvalue weighted by Gasteiger charge is -2.44. The van der Waals surface area contributed by atoms with Crippen LogP contribution in [-0.2, 0) is 32.3 Å². The maximum absolute atomic E-state index is 14.7. The van der Waals surface area contributed by atoms with Crippen molar-refractivity contribution in [2.45, 2.75) is 69.6 Å². The Balaban J connectivity index is 0.983. The van der Waals surface area contributed by atoms with Gasteiger partial charge in [0, 0.05) is 62.8 Å². The maximum atomic E-state index is 14.7. The minimum absolute atomic E-state index is 0.00240. The Kier molecular flexibility index (Phi) is 9.58. The molecule has 0 bridgehead atoms. The summed E-state index contributed by atoms with van der Waals surface area (Å²) in [4.78, 5) is 66.1. The number of likely N-dealkylation sites (tertiary alicyclic amines) is 4. The number of allylic oxidation sites excluding steroid dienone is 2. The molecule has 3 aromatic carbocycles. The van der Waals surface area contributed by atoms with E-state index in [1.807, 2.05) is 36.4 Å². The van der Waals surface area contributed by atoms with Crippen molar-refractivity contribution in [3.8, 4) is 11.5 Å². The first-order valence-electron chi connectivity index (χ1n) is 20.1. The molecule has 1 N–H and O–H groups in total. The van der Waals surface area contributed by atoms with Crippen LogP contribution in [0.5, 0.6) is 11.5 Å². The van der Waals surface area contributed by atoms with Gasteiger partial charge in [-0.3, -0.25) is 38.8 Å². The molecule has 0 spiro atoms. The van der Waals surface area contributed by atoms with Crippen molar-refractivity contribution >= 4 is 23.6 Å². The van der Waals surface area contributed by atoms with E-state index < -0.39 is 35.5 Å². The molecule has 0 unspecified atom stereocenters. The van der Waals surface area contributed by atoms with Crippen LogP contribution in [0.1, 0.15) is 61.1 Å². The molecule has 4 saturated heterocycles. The predicted octanol–water partition coefficient (Wildman–Crippen LogP) is 5.37. The third-order valence-electron chi connectivity index (χ3n) is 13.6. The summed E-state index contributed by atoms with van der Waals surface area (Å²) in [5, 5.41) is 11.5. The molecular weight excluding hydrogens is 693 g/mol. The van der Waals surface area contributed by atoms with Crippen LogP contribution in [0.2, 0.25) is 0 Å². The zero-order valence-electron chi connectivity index (χ0n) is 31.5. The van der Waals surface area contributed by atoms with Crippen LogP contribution in [0.3, 0.4) is 0 Å². The molecule has 2 aliphatic carbocycles. The molecule has 10 heteroatoms. The largest absolute Gasteiger partial charge is 0.508 e. The van der Waals surface area contributed by atoms with Gasteiger partial charge in [-0.15, -0.1) is 0 Å². The van der Waals surface area contributed by atoms with E-state index in [2.05, 4.69) is 40.1 Å². The first kappa shape index (κ1) is 35.9.